The Morgan fingerprint density at radius 1 is 1.30 bits per heavy atom. The number of aryl methyl sites for hydroxylation is 2. The topological polar surface area (TPSA) is 53.6 Å². The lowest BCUT2D eigenvalue weighted by Crippen LogP contribution is -2.15. The summed E-state index contributed by atoms with van der Waals surface area (Å²) in [5, 5.41) is 15.8. The van der Waals surface area contributed by atoms with E-state index in [0.29, 0.717) is 6.54 Å². The van der Waals surface area contributed by atoms with Gasteiger partial charge in [0, 0.05) is 37.5 Å². The number of halogens is 2. The molecule has 4 nitrogen and oxygen atoms in total. The van der Waals surface area contributed by atoms with Crippen molar-refractivity contribution < 1.29 is 8.78 Å². The maximum atomic E-state index is 13.7. The van der Waals surface area contributed by atoms with Gasteiger partial charge < -0.3 is 5.32 Å². The third-order valence-corrected chi connectivity index (χ3v) is 3.00. The summed E-state index contributed by atoms with van der Waals surface area (Å²) in [7, 11) is 1.82. The van der Waals surface area contributed by atoms with Gasteiger partial charge in [0.25, 0.3) is 0 Å². The van der Waals surface area contributed by atoms with E-state index >= 15 is 0 Å². The SMILES string of the molecule is Cc1nn(C)cc1CNCc1c(F)cc(C#N)cc1F. The molecule has 1 aromatic heterocycles. The van der Waals surface area contributed by atoms with Gasteiger partial charge in [-0.05, 0) is 19.1 Å². The molecule has 1 heterocycles. The second kappa shape index (κ2) is 5.80. The highest BCUT2D eigenvalue weighted by molar-refractivity contribution is 5.34. The summed E-state index contributed by atoms with van der Waals surface area (Å²) in [5.41, 5.74) is 1.76. The molecule has 0 aliphatic rings. The molecule has 0 amide bonds. The molecule has 0 aliphatic carbocycles. The van der Waals surface area contributed by atoms with Crippen molar-refractivity contribution in [3.8, 4) is 6.07 Å². The average Bonchev–Trinajstić information content (AvgIpc) is 2.71. The minimum absolute atomic E-state index is 0.0214. The van der Waals surface area contributed by atoms with Gasteiger partial charge in [-0.1, -0.05) is 0 Å². The Hall–Kier alpha value is -2.26. The molecule has 20 heavy (non-hydrogen) atoms. The summed E-state index contributed by atoms with van der Waals surface area (Å²) in [4.78, 5) is 0. The Bertz CT molecular complexity index is 647. The highest BCUT2D eigenvalue weighted by Gasteiger charge is 2.11. The summed E-state index contributed by atoms with van der Waals surface area (Å²) in [6.07, 6.45) is 1.85. The molecule has 1 N–H and O–H groups in total. The van der Waals surface area contributed by atoms with Crippen molar-refractivity contribution in [2.24, 2.45) is 7.05 Å². The van der Waals surface area contributed by atoms with Crippen LogP contribution in [-0.4, -0.2) is 9.78 Å². The van der Waals surface area contributed by atoms with Crippen LogP contribution < -0.4 is 5.32 Å². The van der Waals surface area contributed by atoms with E-state index in [1.807, 2.05) is 20.2 Å². The van der Waals surface area contributed by atoms with Gasteiger partial charge in [-0.15, -0.1) is 0 Å². The predicted molar refractivity (Wildman–Crippen MR) is 69.6 cm³/mol. The highest BCUT2D eigenvalue weighted by atomic mass is 19.1. The Morgan fingerprint density at radius 3 is 2.45 bits per heavy atom. The van der Waals surface area contributed by atoms with Gasteiger partial charge >= 0.3 is 0 Å². The van der Waals surface area contributed by atoms with Crippen molar-refractivity contribution in [3.63, 3.8) is 0 Å². The molecule has 0 atom stereocenters. The molecule has 0 spiro atoms. The average molecular weight is 276 g/mol. The lowest BCUT2D eigenvalue weighted by Gasteiger charge is -2.07. The molecule has 0 bridgehead atoms. The minimum Gasteiger partial charge on any atom is -0.308 e. The van der Waals surface area contributed by atoms with Crippen molar-refractivity contribution in [3.05, 3.63) is 52.3 Å². The quantitative estimate of drug-likeness (QED) is 0.931. The fourth-order valence-electron chi connectivity index (χ4n) is 1.98. The Labute approximate surface area is 115 Å². The second-order valence-corrected chi connectivity index (χ2v) is 4.55. The van der Waals surface area contributed by atoms with Crippen LogP contribution in [0.1, 0.15) is 22.4 Å². The smallest absolute Gasteiger partial charge is 0.131 e. The third kappa shape index (κ3) is 3.00. The molecule has 0 unspecified atom stereocenters. The van der Waals surface area contributed by atoms with Gasteiger partial charge in [0.15, 0.2) is 0 Å². The van der Waals surface area contributed by atoms with Crippen LogP contribution >= 0.6 is 0 Å². The van der Waals surface area contributed by atoms with E-state index in [-0.39, 0.29) is 17.7 Å². The first-order chi connectivity index (χ1) is 9.51. The Kier molecular flexibility index (Phi) is 4.11. The van der Waals surface area contributed by atoms with Gasteiger partial charge in [0.1, 0.15) is 11.6 Å². The number of rotatable bonds is 4. The number of aromatic nitrogens is 2. The normalized spacial score (nSPS) is 10.6. The van der Waals surface area contributed by atoms with Crippen molar-refractivity contribution in [1.82, 2.24) is 15.1 Å². The molecule has 0 saturated carbocycles. The van der Waals surface area contributed by atoms with E-state index in [1.54, 1.807) is 10.8 Å². The number of hydrogen-bond donors (Lipinski definition) is 1. The van der Waals surface area contributed by atoms with Crippen LogP contribution in [0.25, 0.3) is 0 Å². The van der Waals surface area contributed by atoms with Crippen LogP contribution in [0, 0.1) is 29.9 Å². The van der Waals surface area contributed by atoms with Gasteiger partial charge in [-0.25, -0.2) is 8.78 Å². The maximum Gasteiger partial charge on any atom is 0.131 e. The van der Waals surface area contributed by atoms with Crippen LogP contribution in [0.15, 0.2) is 18.3 Å². The van der Waals surface area contributed by atoms with Crippen LogP contribution in [0.3, 0.4) is 0 Å². The molecule has 0 fully saturated rings. The van der Waals surface area contributed by atoms with Crippen molar-refractivity contribution in [2.75, 3.05) is 0 Å². The molecule has 2 aromatic rings. The van der Waals surface area contributed by atoms with Crippen molar-refractivity contribution in [1.29, 1.82) is 5.26 Å². The number of benzene rings is 1. The standard InChI is InChI=1S/C14H14F2N4/c1-9-11(8-20(2)19-9)6-18-7-12-13(15)3-10(5-17)4-14(12)16/h3-4,8,18H,6-7H2,1-2H3. The lowest BCUT2D eigenvalue weighted by molar-refractivity contribution is 0.534. The zero-order valence-corrected chi connectivity index (χ0v) is 11.2. The van der Waals surface area contributed by atoms with Gasteiger partial charge in [-0.3, -0.25) is 4.68 Å². The zero-order valence-electron chi connectivity index (χ0n) is 11.2. The number of hydrogen-bond acceptors (Lipinski definition) is 3. The fourth-order valence-corrected chi connectivity index (χ4v) is 1.98. The van der Waals surface area contributed by atoms with Crippen molar-refractivity contribution >= 4 is 0 Å². The van der Waals surface area contributed by atoms with Crippen LogP contribution in [0.2, 0.25) is 0 Å². The Morgan fingerprint density at radius 2 is 1.95 bits per heavy atom. The van der Waals surface area contributed by atoms with Crippen molar-refractivity contribution in [2.45, 2.75) is 20.0 Å². The summed E-state index contributed by atoms with van der Waals surface area (Å²) in [6.45, 7) is 2.40. The number of nitrogens with zero attached hydrogens (tertiary/aromatic N) is 3. The van der Waals surface area contributed by atoms with E-state index in [9.17, 15) is 8.78 Å². The van der Waals surface area contributed by atoms with E-state index in [1.165, 1.54) is 0 Å². The molecule has 104 valence electrons. The van der Waals surface area contributed by atoms with Crippen LogP contribution in [0.4, 0.5) is 8.78 Å². The van der Waals surface area contributed by atoms with Crippen LogP contribution in [-0.2, 0) is 20.1 Å². The maximum absolute atomic E-state index is 13.7. The van der Waals surface area contributed by atoms with Gasteiger partial charge in [0.05, 0.1) is 17.3 Å². The number of nitriles is 1. The molecule has 0 radical (unpaired) electrons. The van der Waals surface area contributed by atoms with Gasteiger partial charge in [-0.2, -0.15) is 10.4 Å². The first-order valence-electron chi connectivity index (χ1n) is 6.09. The predicted octanol–water partition coefficient (Wildman–Crippen LogP) is 2.17. The third-order valence-electron chi connectivity index (χ3n) is 3.00. The summed E-state index contributed by atoms with van der Waals surface area (Å²) in [6, 6.07) is 3.79. The minimum atomic E-state index is -0.711. The summed E-state index contributed by atoms with van der Waals surface area (Å²) < 4.78 is 29.0. The molecule has 0 aliphatic heterocycles. The molecule has 6 heteroatoms. The Balaban J connectivity index is 2.05. The van der Waals surface area contributed by atoms with Crippen LogP contribution in [0.5, 0.6) is 0 Å². The van der Waals surface area contributed by atoms with Gasteiger partial charge in [0.2, 0.25) is 0 Å². The highest BCUT2D eigenvalue weighted by Crippen LogP contribution is 2.15. The summed E-state index contributed by atoms with van der Waals surface area (Å²) in [5.74, 6) is -1.42. The van der Waals surface area contributed by atoms with E-state index < -0.39 is 11.6 Å². The first-order valence-corrected chi connectivity index (χ1v) is 6.09. The molecule has 1 aromatic carbocycles. The largest absolute Gasteiger partial charge is 0.308 e. The van der Waals surface area contributed by atoms with E-state index in [0.717, 1.165) is 23.4 Å². The zero-order chi connectivity index (χ0) is 14.7. The lowest BCUT2D eigenvalue weighted by atomic mass is 10.1. The second-order valence-electron chi connectivity index (χ2n) is 4.55. The van der Waals surface area contributed by atoms with E-state index in [2.05, 4.69) is 10.4 Å². The number of nitrogens with one attached hydrogen (secondary N) is 1. The first kappa shape index (κ1) is 14.2. The molecular formula is C14H14F2N4. The summed E-state index contributed by atoms with van der Waals surface area (Å²) >= 11 is 0. The monoisotopic (exact) mass is 276 g/mol. The fraction of sp³-hybridized carbons (Fsp3) is 0.286. The molecular weight excluding hydrogens is 262 g/mol. The van der Waals surface area contributed by atoms with E-state index in [4.69, 9.17) is 5.26 Å². The molecule has 0 saturated heterocycles. The molecule has 2 rings (SSSR count).